The van der Waals surface area contributed by atoms with E-state index in [1.807, 2.05) is 30.3 Å². The molecule has 116 valence electrons. The summed E-state index contributed by atoms with van der Waals surface area (Å²) in [6, 6.07) is 14.4. The van der Waals surface area contributed by atoms with E-state index in [4.69, 9.17) is 0 Å². The molecule has 0 aromatic heterocycles. The standard InChI is InChI=1S/C20H25NO/c1-2-3-4-5-8-16-21-20(22)15-14-18-12-9-11-17-10-6-7-13-19(17)18/h6-7,9-15H,2-5,8,16H2,1H3,(H,21,22)/b15-14+. The van der Waals surface area contributed by atoms with Crippen molar-refractivity contribution < 1.29 is 4.79 Å². The highest BCUT2D eigenvalue weighted by atomic mass is 16.1. The van der Waals surface area contributed by atoms with Gasteiger partial charge in [-0.2, -0.15) is 0 Å². The third-order valence-electron chi connectivity index (χ3n) is 3.82. The predicted molar refractivity (Wildman–Crippen MR) is 94.8 cm³/mol. The molecule has 22 heavy (non-hydrogen) atoms. The summed E-state index contributed by atoms with van der Waals surface area (Å²) in [5.41, 5.74) is 1.08. The van der Waals surface area contributed by atoms with E-state index >= 15 is 0 Å². The number of rotatable bonds is 8. The number of hydrogen-bond acceptors (Lipinski definition) is 1. The molecule has 2 rings (SSSR count). The van der Waals surface area contributed by atoms with Gasteiger partial charge in [-0.3, -0.25) is 4.79 Å². The van der Waals surface area contributed by atoms with Gasteiger partial charge < -0.3 is 5.32 Å². The van der Waals surface area contributed by atoms with Gasteiger partial charge in [0, 0.05) is 12.6 Å². The number of unbranched alkanes of at least 4 members (excludes halogenated alkanes) is 4. The van der Waals surface area contributed by atoms with Crippen LogP contribution in [0.2, 0.25) is 0 Å². The third kappa shape index (κ3) is 5.03. The van der Waals surface area contributed by atoms with Crippen LogP contribution in [0.3, 0.4) is 0 Å². The number of carbonyl (C=O) groups excluding carboxylic acids is 1. The van der Waals surface area contributed by atoms with Crippen LogP contribution >= 0.6 is 0 Å². The normalized spacial score (nSPS) is 11.1. The SMILES string of the molecule is CCCCCCCNC(=O)/C=C/c1cccc2ccccc12. The van der Waals surface area contributed by atoms with Crippen LogP contribution < -0.4 is 5.32 Å². The number of benzene rings is 2. The molecule has 2 nitrogen and oxygen atoms in total. The Labute approximate surface area is 133 Å². The minimum atomic E-state index is -0.0107. The van der Waals surface area contributed by atoms with Gasteiger partial charge in [0.15, 0.2) is 0 Å². The van der Waals surface area contributed by atoms with Gasteiger partial charge in [-0.05, 0) is 28.8 Å². The van der Waals surface area contributed by atoms with Crippen LogP contribution in [0.1, 0.15) is 44.6 Å². The molecule has 0 atom stereocenters. The summed E-state index contributed by atoms with van der Waals surface area (Å²) >= 11 is 0. The minimum Gasteiger partial charge on any atom is -0.353 e. The fourth-order valence-corrected chi connectivity index (χ4v) is 2.56. The first-order chi connectivity index (χ1) is 10.8. The average Bonchev–Trinajstić information content (AvgIpc) is 2.56. The van der Waals surface area contributed by atoms with Gasteiger partial charge in [-0.25, -0.2) is 0 Å². The Balaban J connectivity index is 1.84. The third-order valence-corrected chi connectivity index (χ3v) is 3.82. The van der Waals surface area contributed by atoms with Crippen molar-refractivity contribution in [1.29, 1.82) is 0 Å². The van der Waals surface area contributed by atoms with Crippen LogP contribution in [0.25, 0.3) is 16.8 Å². The lowest BCUT2D eigenvalue weighted by Gasteiger charge is -2.03. The van der Waals surface area contributed by atoms with E-state index in [1.54, 1.807) is 6.08 Å². The Hall–Kier alpha value is -2.09. The quantitative estimate of drug-likeness (QED) is 0.542. The number of amides is 1. The molecule has 0 aliphatic heterocycles. The molecule has 0 saturated carbocycles. The van der Waals surface area contributed by atoms with Crippen LogP contribution in [0.4, 0.5) is 0 Å². The monoisotopic (exact) mass is 295 g/mol. The molecular formula is C20H25NO. The van der Waals surface area contributed by atoms with Gasteiger partial charge >= 0.3 is 0 Å². The molecule has 1 amide bonds. The summed E-state index contributed by atoms with van der Waals surface area (Å²) in [4.78, 5) is 11.8. The highest BCUT2D eigenvalue weighted by molar-refractivity contribution is 5.96. The Morgan fingerprint density at radius 3 is 2.64 bits per heavy atom. The molecule has 0 fully saturated rings. The highest BCUT2D eigenvalue weighted by Gasteiger charge is 1.98. The summed E-state index contributed by atoms with van der Waals surface area (Å²) in [6.07, 6.45) is 9.59. The largest absolute Gasteiger partial charge is 0.353 e. The van der Waals surface area contributed by atoms with Crippen LogP contribution in [0, 0.1) is 0 Å². The first-order valence-electron chi connectivity index (χ1n) is 8.25. The van der Waals surface area contributed by atoms with E-state index in [0.717, 1.165) is 18.5 Å². The molecule has 0 saturated heterocycles. The van der Waals surface area contributed by atoms with Crippen molar-refractivity contribution in [2.24, 2.45) is 0 Å². The van der Waals surface area contributed by atoms with E-state index in [0.29, 0.717) is 0 Å². The predicted octanol–water partition coefficient (Wildman–Crippen LogP) is 4.94. The van der Waals surface area contributed by atoms with Crippen molar-refractivity contribution in [1.82, 2.24) is 5.32 Å². The van der Waals surface area contributed by atoms with Gasteiger partial charge in [-0.15, -0.1) is 0 Å². The van der Waals surface area contributed by atoms with Gasteiger partial charge in [0.25, 0.3) is 0 Å². The van der Waals surface area contributed by atoms with Crippen LogP contribution in [-0.2, 0) is 4.79 Å². The zero-order chi connectivity index (χ0) is 15.6. The number of fused-ring (bicyclic) bond motifs is 1. The molecule has 0 aliphatic carbocycles. The van der Waals surface area contributed by atoms with Crippen molar-refractivity contribution in [3.8, 4) is 0 Å². The van der Waals surface area contributed by atoms with Crippen molar-refractivity contribution in [2.45, 2.75) is 39.0 Å². The molecule has 0 bridgehead atoms. The molecule has 0 aliphatic rings. The molecule has 0 spiro atoms. The Bertz CT molecular complexity index is 625. The maximum absolute atomic E-state index is 11.8. The number of hydrogen-bond donors (Lipinski definition) is 1. The molecule has 0 radical (unpaired) electrons. The first kappa shape index (κ1) is 16.3. The van der Waals surface area contributed by atoms with E-state index in [1.165, 1.54) is 36.5 Å². The summed E-state index contributed by atoms with van der Waals surface area (Å²) < 4.78 is 0. The van der Waals surface area contributed by atoms with Crippen molar-refractivity contribution in [3.05, 3.63) is 54.1 Å². The van der Waals surface area contributed by atoms with Crippen LogP contribution in [0.15, 0.2) is 48.5 Å². The zero-order valence-corrected chi connectivity index (χ0v) is 13.3. The smallest absolute Gasteiger partial charge is 0.243 e. The molecule has 0 heterocycles. The topological polar surface area (TPSA) is 29.1 Å². The maximum atomic E-state index is 11.8. The van der Waals surface area contributed by atoms with E-state index < -0.39 is 0 Å². The van der Waals surface area contributed by atoms with Crippen molar-refractivity contribution in [3.63, 3.8) is 0 Å². The fourth-order valence-electron chi connectivity index (χ4n) is 2.56. The average molecular weight is 295 g/mol. The lowest BCUT2D eigenvalue weighted by molar-refractivity contribution is -0.116. The fraction of sp³-hybridized carbons (Fsp3) is 0.350. The Morgan fingerprint density at radius 2 is 1.77 bits per heavy atom. The van der Waals surface area contributed by atoms with E-state index in [9.17, 15) is 4.79 Å². The van der Waals surface area contributed by atoms with Crippen molar-refractivity contribution in [2.75, 3.05) is 6.54 Å². The van der Waals surface area contributed by atoms with Gasteiger partial charge in [0.2, 0.25) is 5.91 Å². The van der Waals surface area contributed by atoms with Gasteiger partial charge in [0.1, 0.15) is 0 Å². The van der Waals surface area contributed by atoms with E-state index in [2.05, 4.69) is 30.4 Å². The first-order valence-corrected chi connectivity index (χ1v) is 8.25. The lowest BCUT2D eigenvalue weighted by Crippen LogP contribution is -2.21. The Kier molecular flexibility index (Phi) is 6.69. The summed E-state index contributed by atoms with van der Waals surface area (Å²) in [5.74, 6) is -0.0107. The van der Waals surface area contributed by atoms with Gasteiger partial charge in [-0.1, -0.05) is 75.1 Å². The second-order valence-electron chi connectivity index (χ2n) is 5.61. The molecular weight excluding hydrogens is 270 g/mol. The molecule has 2 heteroatoms. The summed E-state index contributed by atoms with van der Waals surface area (Å²) in [7, 11) is 0. The second kappa shape index (κ2) is 9.04. The number of carbonyl (C=O) groups is 1. The Morgan fingerprint density at radius 1 is 1.00 bits per heavy atom. The summed E-state index contributed by atoms with van der Waals surface area (Å²) in [6.45, 7) is 2.97. The van der Waals surface area contributed by atoms with Gasteiger partial charge in [0.05, 0.1) is 0 Å². The molecule has 2 aromatic rings. The maximum Gasteiger partial charge on any atom is 0.243 e. The van der Waals surface area contributed by atoms with Crippen LogP contribution in [-0.4, -0.2) is 12.5 Å². The van der Waals surface area contributed by atoms with E-state index in [-0.39, 0.29) is 5.91 Å². The van der Waals surface area contributed by atoms with Crippen molar-refractivity contribution >= 4 is 22.8 Å². The summed E-state index contributed by atoms with van der Waals surface area (Å²) in [5, 5.41) is 5.32. The zero-order valence-electron chi connectivity index (χ0n) is 13.3. The second-order valence-corrected chi connectivity index (χ2v) is 5.61. The minimum absolute atomic E-state index is 0.0107. The molecule has 2 aromatic carbocycles. The molecule has 0 unspecified atom stereocenters. The molecule has 1 N–H and O–H groups in total. The highest BCUT2D eigenvalue weighted by Crippen LogP contribution is 2.19. The number of nitrogens with one attached hydrogen (secondary N) is 1. The van der Waals surface area contributed by atoms with Crippen LogP contribution in [0.5, 0.6) is 0 Å². The lowest BCUT2D eigenvalue weighted by atomic mass is 10.0.